The molecule has 1 atom stereocenters. The molecule has 0 radical (unpaired) electrons. The van der Waals surface area contributed by atoms with Crippen molar-refractivity contribution in [2.45, 2.75) is 18.9 Å². The van der Waals surface area contributed by atoms with Gasteiger partial charge in [-0.05, 0) is 37.1 Å². The minimum atomic E-state index is -0.122. The second kappa shape index (κ2) is 7.99. The number of hydrogen-bond donors (Lipinski definition) is 1. The lowest BCUT2D eigenvalue weighted by Gasteiger charge is -2.24. The van der Waals surface area contributed by atoms with Gasteiger partial charge in [-0.3, -0.25) is 14.5 Å². The highest BCUT2D eigenvalue weighted by atomic mass is 16.2. The highest BCUT2D eigenvalue weighted by molar-refractivity contribution is 5.92. The summed E-state index contributed by atoms with van der Waals surface area (Å²) in [7, 11) is 1.85. The molecule has 8 heteroatoms. The van der Waals surface area contributed by atoms with Crippen LogP contribution in [0.1, 0.15) is 30.3 Å². The second-order valence-corrected chi connectivity index (χ2v) is 6.53. The molecule has 3 aromatic rings. The lowest BCUT2D eigenvalue weighted by molar-refractivity contribution is -0.126. The van der Waals surface area contributed by atoms with Gasteiger partial charge in [-0.25, -0.2) is 9.97 Å². The summed E-state index contributed by atoms with van der Waals surface area (Å²) in [5.74, 6) is 1.27. The lowest BCUT2D eigenvalue weighted by atomic mass is 10.1. The number of anilines is 2. The maximum absolute atomic E-state index is 12.8. The third-order valence-electron chi connectivity index (χ3n) is 4.74. The molecule has 0 saturated carbocycles. The van der Waals surface area contributed by atoms with Crippen molar-refractivity contribution in [1.29, 1.82) is 0 Å². The van der Waals surface area contributed by atoms with Crippen LogP contribution >= 0.6 is 0 Å². The Kier molecular flexibility index (Phi) is 5.09. The Labute approximate surface area is 163 Å². The maximum atomic E-state index is 12.8. The average Bonchev–Trinajstić information content (AvgIpc) is 3.36. The summed E-state index contributed by atoms with van der Waals surface area (Å²) in [6.07, 6.45) is 11.9. The summed E-state index contributed by atoms with van der Waals surface area (Å²) in [6, 6.07) is 7.37. The molecular weight excluding hydrogens is 354 g/mol. The summed E-state index contributed by atoms with van der Waals surface area (Å²) in [5, 5.41) is 7.33. The van der Waals surface area contributed by atoms with Gasteiger partial charge >= 0.3 is 0 Å². The van der Waals surface area contributed by atoms with Gasteiger partial charge in [-0.15, -0.1) is 0 Å². The number of carbonyl (C=O) groups is 1. The molecule has 0 aromatic carbocycles. The normalized spacial score (nSPS) is 16.6. The molecule has 0 unspecified atom stereocenters. The number of aryl methyl sites for hydroxylation is 1. The van der Waals surface area contributed by atoms with E-state index in [9.17, 15) is 4.79 Å². The molecule has 4 rings (SSSR count). The van der Waals surface area contributed by atoms with Crippen molar-refractivity contribution in [3.63, 3.8) is 0 Å². The molecule has 3 aromatic heterocycles. The standard InChI is InChI=1S/C20H21N7O/c1-26-15(9-11-24-26)7-8-18(28)27-14-4-5-16(27)19-20(23-13-12-22-19)25-17-6-2-3-10-21-17/h2-3,6-13,16H,4-5,14H2,1H3,(H,21,23,25)/b8-7+/t16-/m1/s1. The number of nitrogens with one attached hydrogen (secondary N) is 1. The van der Waals surface area contributed by atoms with Crippen LogP contribution in [0.5, 0.6) is 0 Å². The van der Waals surface area contributed by atoms with E-state index in [-0.39, 0.29) is 11.9 Å². The number of rotatable bonds is 5. The Morgan fingerprint density at radius 3 is 2.82 bits per heavy atom. The second-order valence-electron chi connectivity index (χ2n) is 6.53. The zero-order valence-electron chi connectivity index (χ0n) is 15.6. The highest BCUT2D eigenvalue weighted by Crippen LogP contribution is 2.34. The summed E-state index contributed by atoms with van der Waals surface area (Å²) >= 11 is 0. The minimum absolute atomic E-state index is 0.0434. The number of carbonyl (C=O) groups excluding carboxylic acids is 1. The van der Waals surface area contributed by atoms with Crippen molar-refractivity contribution in [3.05, 3.63) is 66.5 Å². The van der Waals surface area contributed by atoms with E-state index in [4.69, 9.17) is 0 Å². The van der Waals surface area contributed by atoms with Crippen molar-refractivity contribution >= 4 is 23.6 Å². The van der Waals surface area contributed by atoms with E-state index >= 15 is 0 Å². The Morgan fingerprint density at radius 1 is 1.14 bits per heavy atom. The van der Waals surface area contributed by atoms with Gasteiger partial charge < -0.3 is 10.2 Å². The van der Waals surface area contributed by atoms with Crippen molar-refractivity contribution in [1.82, 2.24) is 29.6 Å². The predicted molar refractivity (Wildman–Crippen MR) is 105 cm³/mol. The molecule has 0 bridgehead atoms. The quantitative estimate of drug-likeness (QED) is 0.690. The Balaban J connectivity index is 1.56. The first-order valence-electron chi connectivity index (χ1n) is 9.18. The highest BCUT2D eigenvalue weighted by Gasteiger charge is 2.32. The number of likely N-dealkylation sites (tertiary alicyclic amines) is 1. The molecule has 1 N–H and O–H groups in total. The van der Waals surface area contributed by atoms with Gasteiger partial charge in [0, 0.05) is 44.5 Å². The van der Waals surface area contributed by atoms with Crippen LogP contribution in [0.25, 0.3) is 6.08 Å². The molecule has 0 spiro atoms. The van der Waals surface area contributed by atoms with Crippen molar-refractivity contribution in [2.24, 2.45) is 7.05 Å². The van der Waals surface area contributed by atoms with Gasteiger partial charge in [0.2, 0.25) is 5.91 Å². The van der Waals surface area contributed by atoms with E-state index in [0.29, 0.717) is 18.2 Å². The molecule has 0 aliphatic carbocycles. The predicted octanol–water partition coefficient (Wildman–Crippen LogP) is 2.73. The molecule has 4 heterocycles. The fourth-order valence-corrected chi connectivity index (χ4v) is 3.36. The SMILES string of the molecule is Cn1nccc1/C=C/C(=O)N1CCC[C@@H]1c1nccnc1Nc1ccccn1. The van der Waals surface area contributed by atoms with Crippen molar-refractivity contribution in [2.75, 3.05) is 11.9 Å². The van der Waals surface area contributed by atoms with E-state index < -0.39 is 0 Å². The molecule has 1 amide bonds. The number of pyridine rings is 1. The van der Waals surface area contributed by atoms with Crippen LogP contribution in [0.2, 0.25) is 0 Å². The van der Waals surface area contributed by atoms with Gasteiger partial charge in [0.25, 0.3) is 0 Å². The van der Waals surface area contributed by atoms with Gasteiger partial charge in [0.15, 0.2) is 5.82 Å². The monoisotopic (exact) mass is 375 g/mol. The van der Waals surface area contributed by atoms with Crippen LogP contribution in [0.4, 0.5) is 11.6 Å². The number of nitrogens with zero attached hydrogens (tertiary/aromatic N) is 6. The van der Waals surface area contributed by atoms with Gasteiger partial charge in [-0.1, -0.05) is 6.07 Å². The van der Waals surface area contributed by atoms with E-state index in [1.54, 1.807) is 41.6 Å². The average molecular weight is 375 g/mol. The van der Waals surface area contributed by atoms with Crippen LogP contribution in [0, 0.1) is 0 Å². The number of hydrogen-bond acceptors (Lipinski definition) is 6. The first-order valence-corrected chi connectivity index (χ1v) is 9.18. The minimum Gasteiger partial charge on any atom is -0.330 e. The van der Waals surface area contributed by atoms with E-state index in [1.165, 1.54) is 0 Å². The third kappa shape index (κ3) is 3.75. The van der Waals surface area contributed by atoms with Crippen molar-refractivity contribution in [3.8, 4) is 0 Å². The molecule has 8 nitrogen and oxygen atoms in total. The topological polar surface area (TPSA) is 88.8 Å². The van der Waals surface area contributed by atoms with E-state index in [1.807, 2.05) is 36.2 Å². The summed E-state index contributed by atoms with van der Waals surface area (Å²) in [4.78, 5) is 27.9. The van der Waals surface area contributed by atoms with Crippen LogP contribution in [-0.4, -0.2) is 42.1 Å². The number of aromatic nitrogens is 5. The van der Waals surface area contributed by atoms with Crippen LogP contribution in [0.3, 0.4) is 0 Å². The maximum Gasteiger partial charge on any atom is 0.247 e. The Bertz CT molecular complexity index is 983. The Hall–Kier alpha value is -3.55. The molecule has 1 fully saturated rings. The third-order valence-corrected chi connectivity index (χ3v) is 4.74. The molecule has 1 aliphatic heterocycles. The fourth-order valence-electron chi connectivity index (χ4n) is 3.36. The van der Waals surface area contributed by atoms with Gasteiger partial charge in [0.05, 0.1) is 11.7 Å². The zero-order chi connectivity index (χ0) is 19.3. The summed E-state index contributed by atoms with van der Waals surface area (Å²) < 4.78 is 1.73. The van der Waals surface area contributed by atoms with E-state index in [0.717, 1.165) is 24.2 Å². The van der Waals surface area contributed by atoms with Crippen LogP contribution < -0.4 is 5.32 Å². The largest absolute Gasteiger partial charge is 0.330 e. The molecule has 142 valence electrons. The van der Waals surface area contributed by atoms with Gasteiger partial charge in [0.1, 0.15) is 11.5 Å². The smallest absolute Gasteiger partial charge is 0.247 e. The first-order chi connectivity index (χ1) is 13.7. The summed E-state index contributed by atoms with van der Waals surface area (Å²) in [5.41, 5.74) is 1.63. The first kappa shape index (κ1) is 17.8. The van der Waals surface area contributed by atoms with Gasteiger partial charge in [-0.2, -0.15) is 5.10 Å². The Morgan fingerprint density at radius 2 is 2.04 bits per heavy atom. The molecular formula is C20H21N7O. The van der Waals surface area contributed by atoms with Crippen molar-refractivity contribution < 1.29 is 4.79 Å². The molecule has 1 saturated heterocycles. The molecule has 28 heavy (non-hydrogen) atoms. The molecule has 1 aliphatic rings. The lowest BCUT2D eigenvalue weighted by Crippen LogP contribution is -2.30. The van der Waals surface area contributed by atoms with Crippen LogP contribution in [-0.2, 0) is 11.8 Å². The van der Waals surface area contributed by atoms with E-state index in [2.05, 4.69) is 25.4 Å². The summed E-state index contributed by atoms with van der Waals surface area (Å²) in [6.45, 7) is 0.693. The number of amides is 1. The van der Waals surface area contributed by atoms with Crippen LogP contribution in [0.15, 0.2) is 55.1 Å². The fraction of sp³-hybridized carbons (Fsp3) is 0.250. The zero-order valence-corrected chi connectivity index (χ0v) is 15.6.